The van der Waals surface area contributed by atoms with E-state index in [9.17, 15) is 23.2 Å². The molecule has 1 aliphatic carbocycles. The van der Waals surface area contributed by atoms with E-state index in [1.165, 1.54) is 18.3 Å². The van der Waals surface area contributed by atoms with E-state index in [0.717, 1.165) is 34.4 Å². The number of amides is 1. The van der Waals surface area contributed by atoms with Crippen LogP contribution in [0.3, 0.4) is 0 Å². The number of anilines is 1. The Morgan fingerprint density at radius 2 is 2.22 bits per heavy atom. The summed E-state index contributed by atoms with van der Waals surface area (Å²) in [6, 6.07) is 2.15. The third-order valence-corrected chi connectivity index (χ3v) is 6.69. The zero-order valence-electron chi connectivity index (χ0n) is 14.6. The zero-order valence-corrected chi connectivity index (χ0v) is 17.0. The normalized spacial score (nSPS) is 16.7. The van der Waals surface area contributed by atoms with Crippen molar-refractivity contribution < 1.29 is 18.0 Å². The summed E-state index contributed by atoms with van der Waals surface area (Å²) in [5.41, 5.74) is 0.584. The van der Waals surface area contributed by atoms with Gasteiger partial charge in [-0.2, -0.15) is 23.5 Å². The van der Waals surface area contributed by atoms with Gasteiger partial charge in [0.05, 0.1) is 15.7 Å². The van der Waals surface area contributed by atoms with Crippen molar-refractivity contribution in [3.8, 4) is 6.07 Å². The Morgan fingerprint density at radius 1 is 1.52 bits per heavy atom. The van der Waals surface area contributed by atoms with Gasteiger partial charge in [-0.1, -0.05) is 6.92 Å². The van der Waals surface area contributed by atoms with Crippen LogP contribution in [0.25, 0.3) is 0 Å². The molecule has 3 rings (SSSR count). The molecule has 0 aromatic carbocycles. The van der Waals surface area contributed by atoms with Gasteiger partial charge in [0.15, 0.2) is 5.69 Å². The van der Waals surface area contributed by atoms with Crippen molar-refractivity contribution in [2.24, 2.45) is 5.92 Å². The van der Waals surface area contributed by atoms with Gasteiger partial charge in [-0.25, -0.2) is 0 Å². The number of carbonyl (C=O) groups is 1. The summed E-state index contributed by atoms with van der Waals surface area (Å²) in [5.74, 6) is 0.000998. The number of nitriles is 1. The number of nitrogens with one attached hydrogen (secondary N) is 1. The third-order valence-electron chi connectivity index (χ3n) is 4.57. The number of aromatic nitrogens is 2. The van der Waals surface area contributed by atoms with E-state index >= 15 is 0 Å². The van der Waals surface area contributed by atoms with Gasteiger partial charge in [-0.05, 0) is 53.6 Å². The van der Waals surface area contributed by atoms with Crippen LogP contribution in [0.15, 0.2) is 4.47 Å². The average Bonchev–Trinajstić information content (AvgIpc) is 3.05. The monoisotopic (exact) mass is 460 g/mol. The Bertz CT molecular complexity index is 942. The van der Waals surface area contributed by atoms with Crippen molar-refractivity contribution in [2.45, 2.75) is 45.8 Å². The highest BCUT2D eigenvalue weighted by molar-refractivity contribution is 9.10. The molecule has 1 N–H and O–H groups in total. The third kappa shape index (κ3) is 3.89. The number of fused-ring (bicyclic) bond motifs is 1. The van der Waals surface area contributed by atoms with Crippen LogP contribution in [0, 0.1) is 24.2 Å². The first kappa shape index (κ1) is 19.9. The number of carbonyl (C=O) groups excluding carboxylic acids is 1. The van der Waals surface area contributed by atoms with Crippen molar-refractivity contribution in [3.63, 3.8) is 0 Å². The molecule has 1 atom stereocenters. The van der Waals surface area contributed by atoms with Crippen LogP contribution < -0.4 is 5.32 Å². The molecule has 27 heavy (non-hydrogen) atoms. The van der Waals surface area contributed by atoms with Crippen LogP contribution in [-0.2, 0) is 30.4 Å². The molecular formula is C17H16BrF3N4OS. The second-order valence-electron chi connectivity index (χ2n) is 6.62. The fourth-order valence-electron chi connectivity index (χ4n) is 3.12. The Morgan fingerprint density at radius 3 is 2.81 bits per heavy atom. The smallest absolute Gasteiger partial charge is 0.315 e. The number of nitrogens with zero attached hydrogens (tertiary/aromatic N) is 3. The summed E-state index contributed by atoms with van der Waals surface area (Å²) in [6.07, 6.45) is -1.95. The maximum absolute atomic E-state index is 12.9. The summed E-state index contributed by atoms with van der Waals surface area (Å²) >= 11 is 4.26. The van der Waals surface area contributed by atoms with Crippen LogP contribution in [-0.4, -0.2) is 15.7 Å². The van der Waals surface area contributed by atoms with Crippen LogP contribution >= 0.6 is 27.3 Å². The molecule has 1 aliphatic rings. The lowest BCUT2D eigenvalue weighted by Crippen LogP contribution is -2.20. The molecule has 0 spiro atoms. The van der Waals surface area contributed by atoms with E-state index < -0.39 is 17.8 Å². The standard InChI is InChI=1S/C17H16BrF3N4OS/c1-8-3-4-10-11(6-22)16(27-12(10)5-8)23-13(26)7-25-9(2)14(18)15(24-25)17(19,20)21/h8H,3-5,7H2,1-2H3,(H,23,26). The average molecular weight is 461 g/mol. The lowest BCUT2D eigenvalue weighted by Gasteiger charge is -2.17. The van der Waals surface area contributed by atoms with Crippen molar-refractivity contribution in [2.75, 3.05) is 5.32 Å². The Balaban J connectivity index is 1.81. The topological polar surface area (TPSA) is 70.7 Å². The minimum Gasteiger partial charge on any atom is -0.315 e. The minimum atomic E-state index is -4.61. The number of hydrogen-bond donors (Lipinski definition) is 1. The fourth-order valence-corrected chi connectivity index (χ4v) is 5.00. The number of halogens is 4. The van der Waals surface area contributed by atoms with Crippen molar-refractivity contribution in [3.05, 3.63) is 31.9 Å². The van der Waals surface area contributed by atoms with Gasteiger partial charge < -0.3 is 5.32 Å². The molecule has 0 aliphatic heterocycles. The molecule has 1 unspecified atom stereocenters. The minimum absolute atomic E-state index is 0.180. The highest BCUT2D eigenvalue weighted by Gasteiger charge is 2.38. The molecule has 1 amide bonds. The van der Waals surface area contributed by atoms with E-state index in [-0.39, 0.29) is 16.7 Å². The fraction of sp³-hybridized carbons (Fsp3) is 0.471. The summed E-state index contributed by atoms with van der Waals surface area (Å²) in [5, 5.41) is 16.1. The number of hydrogen-bond acceptors (Lipinski definition) is 4. The summed E-state index contributed by atoms with van der Waals surface area (Å²) in [6.45, 7) is 3.22. The Hall–Kier alpha value is -1.86. The largest absolute Gasteiger partial charge is 0.436 e. The molecule has 5 nitrogen and oxygen atoms in total. The number of alkyl halides is 3. The van der Waals surface area contributed by atoms with E-state index in [0.29, 0.717) is 16.5 Å². The Kier molecular flexibility index (Phi) is 5.36. The summed E-state index contributed by atoms with van der Waals surface area (Å²) in [4.78, 5) is 13.5. The SMILES string of the molecule is Cc1c(Br)c(C(F)(F)F)nn1CC(=O)Nc1sc2c(c1C#N)CCC(C)C2. The maximum Gasteiger partial charge on any atom is 0.436 e. The second-order valence-corrected chi connectivity index (χ2v) is 8.52. The van der Waals surface area contributed by atoms with E-state index in [1.807, 2.05) is 0 Å². The second kappa shape index (κ2) is 7.28. The molecule has 10 heteroatoms. The summed E-state index contributed by atoms with van der Waals surface area (Å²) < 4.78 is 39.7. The van der Waals surface area contributed by atoms with Gasteiger partial charge in [-0.3, -0.25) is 9.48 Å². The first-order valence-electron chi connectivity index (χ1n) is 8.26. The molecular weight excluding hydrogens is 445 g/mol. The van der Waals surface area contributed by atoms with Gasteiger partial charge in [0.2, 0.25) is 5.91 Å². The molecule has 2 heterocycles. The van der Waals surface area contributed by atoms with Gasteiger partial charge in [0.1, 0.15) is 17.6 Å². The highest BCUT2D eigenvalue weighted by atomic mass is 79.9. The number of rotatable bonds is 3. The molecule has 0 saturated carbocycles. The van der Waals surface area contributed by atoms with Gasteiger partial charge in [0, 0.05) is 4.88 Å². The van der Waals surface area contributed by atoms with Gasteiger partial charge >= 0.3 is 6.18 Å². The highest BCUT2D eigenvalue weighted by Crippen LogP contribution is 2.39. The van der Waals surface area contributed by atoms with E-state index in [2.05, 4.69) is 39.3 Å². The van der Waals surface area contributed by atoms with Crippen LogP contribution in [0.4, 0.5) is 18.2 Å². The summed E-state index contributed by atoms with van der Waals surface area (Å²) in [7, 11) is 0. The van der Waals surface area contributed by atoms with Gasteiger partial charge in [-0.15, -0.1) is 11.3 Å². The van der Waals surface area contributed by atoms with Crippen LogP contribution in [0.5, 0.6) is 0 Å². The quantitative estimate of drug-likeness (QED) is 0.723. The molecule has 0 radical (unpaired) electrons. The van der Waals surface area contributed by atoms with E-state index in [1.54, 1.807) is 0 Å². The predicted molar refractivity (Wildman–Crippen MR) is 98.5 cm³/mol. The molecule has 144 valence electrons. The van der Waals surface area contributed by atoms with Crippen molar-refractivity contribution in [1.82, 2.24) is 9.78 Å². The lowest BCUT2D eigenvalue weighted by atomic mass is 9.89. The Labute approximate surface area is 166 Å². The molecule has 0 bridgehead atoms. The van der Waals surface area contributed by atoms with Crippen molar-refractivity contribution in [1.29, 1.82) is 5.26 Å². The molecule has 2 aromatic rings. The van der Waals surface area contributed by atoms with Crippen LogP contribution in [0.2, 0.25) is 0 Å². The maximum atomic E-state index is 12.9. The van der Waals surface area contributed by atoms with Crippen LogP contribution in [0.1, 0.15) is 40.7 Å². The van der Waals surface area contributed by atoms with E-state index in [4.69, 9.17) is 0 Å². The molecule has 0 saturated heterocycles. The van der Waals surface area contributed by atoms with Crippen molar-refractivity contribution >= 4 is 38.2 Å². The number of thiophene rings is 1. The molecule has 0 fully saturated rings. The lowest BCUT2D eigenvalue weighted by molar-refractivity contribution is -0.142. The molecule has 2 aromatic heterocycles. The van der Waals surface area contributed by atoms with Gasteiger partial charge in [0.25, 0.3) is 0 Å². The predicted octanol–water partition coefficient (Wildman–Crippen LogP) is 4.67. The first-order valence-corrected chi connectivity index (χ1v) is 9.87. The first-order chi connectivity index (χ1) is 12.6. The zero-order chi connectivity index (χ0) is 19.9.